The van der Waals surface area contributed by atoms with Gasteiger partial charge in [-0.3, -0.25) is 4.79 Å². The number of hydrogen-bond donors (Lipinski definition) is 1. The summed E-state index contributed by atoms with van der Waals surface area (Å²) < 4.78 is 0. The summed E-state index contributed by atoms with van der Waals surface area (Å²) >= 11 is 0. The van der Waals surface area contributed by atoms with Crippen molar-refractivity contribution >= 4 is 5.78 Å². The smallest absolute Gasteiger partial charge is 0.136 e. The summed E-state index contributed by atoms with van der Waals surface area (Å²) in [5.74, 6) is 1.36. The lowest BCUT2D eigenvalue weighted by Gasteiger charge is -2.28. The van der Waals surface area contributed by atoms with Crippen LogP contribution in [0.25, 0.3) is 0 Å². The molecule has 1 aliphatic heterocycles. The molecule has 0 aliphatic carbocycles. The zero-order valence-electron chi connectivity index (χ0n) is 8.10. The first-order chi connectivity index (χ1) is 5.75. The van der Waals surface area contributed by atoms with E-state index in [1.54, 1.807) is 0 Å². The molecule has 1 aliphatic rings. The Kier molecular flexibility index (Phi) is 3.73. The van der Waals surface area contributed by atoms with Gasteiger partial charge in [0.2, 0.25) is 0 Å². The number of Topliss-reactive ketones (excluding diaryl/α,β-unsaturated/α-hetero) is 1. The van der Waals surface area contributed by atoms with Gasteiger partial charge in [0.05, 0.1) is 0 Å². The van der Waals surface area contributed by atoms with Crippen LogP contribution < -0.4 is 5.32 Å². The van der Waals surface area contributed by atoms with Crippen molar-refractivity contribution in [3.05, 3.63) is 0 Å². The fourth-order valence-electron chi connectivity index (χ4n) is 1.92. The van der Waals surface area contributed by atoms with Gasteiger partial charge in [-0.15, -0.1) is 0 Å². The minimum Gasteiger partial charge on any atom is -0.316 e. The Labute approximate surface area is 74.7 Å². The van der Waals surface area contributed by atoms with E-state index in [0.29, 0.717) is 17.6 Å². The minimum atomic E-state index is 0.339. The monoisotopic (exact) mass is 169 g/mol. The topological polar surface area (TPSA) is 29.1 Å². The van der Waals surface area contributed by atoms with Gasteiger partial charge in [-0.1, -0.05) is 13.8 Å². The van der Waals surface area contributed by atoms with Crippen LogP contribution in [0.5, 0.6) is 0 Å². The summed E-state index contributed by atoms with van der Waals surface area (Å²) in [4.78, 5) is 11.6. The third kappa shape index (κ3) is 2.31. The number of rotatable bonds is 3. The SMILES string of the molecule is CCCC(=O)[C@H]1CCNC[C@H]1C. The van der Waals surface area contributed by atoms with Crippen molar-refractivity contribution in [1.29, 1.82) is 0 Å². The molecule has 2 nitrogen and oxygen atoms in total. The predicted octanol–water partition coefficient (Wildman–Crippen LogP) is 1.60. The molecular formula is C10H19NO. The zero-order chi connectivity index (χ0) is 8.97. The predicted molar refractivity (Wildman–Crippen MR) is 50.1 cm³/mol. The molecule has 1 N–H and O–H groups in total. The molecule has 0 aromatic rings. The summed E-state index contributed by atoms with van der Waals surface area (Å²) in [7, 11) is 0. The maximum Gasteiger partial charge on any atom is 0.136 e. The highest BCUT2D eigenvalue weighted by Gasteiger charge is 2.26. The van der Waals surface area contributed by atoms with Crippen molar-refractivity contribution in [2.75, 3.05) is 13.1 Å². The second-order valence-corrected chi connectivity index (χ2v) is 3.79. The molecule has 0 aromatic carbocycles. The van der Waals surface area contributed by atoms with E-state index >= 15 is 0 Å². The van der Waals surface area contributed by atoms with Crippen LogP contribution in [0.15, 0.2) is 0 Å². The first-order valence-corrected chi connectivity index (χ1v) is 4.99. The van der Waals surface area contributed by atoms with Crippen LogP contribution in [0.2, 0.25) is 0 Å². The number of hydrogen-bond acceptors (Lipinski definition) is 2. The van der Waals surface area contributed by atoms with Crippen molar-refractivity contribution in [1.82, 2.24) is 5.32 Å². The molecule has 2 atom stereocenters. The quantitative estimate of drug-likeness (QED) is 0.695. The molecule has 2 heteroatoms. The number of ketones is 1. The van der Waals surface area contributed by atoms with Crippen LogP contribution in [-0.2, 0) is 4.79 Å². The molecule has 0 radical (unpaired) electrons. The Morgan fingerprint density at radius 2 is 2.33 bits per heavy atom. The normalized spacial score (nSPS) is 30.2. The summed E-state index contributed by atoms with van der Waals surface area (Å²) in [5.41, 5.74) is 0. The van der Waals surface area contributed by atoms with Crippen molar-refractivity contribution in [3.63, 3.8) is 0 Å². The van der Waals surface area contributed by atoms with Crippen molar-refractivity contribution in [2.24, 2.45) is 11.8 Å². The molecular weight excluding hydrogens is 150 g/mol. The Morgan fingerprint density at radius 3 is 2.92 bits per heavy atom. The van der Waals surface area contributed by atoms with Gasteiger partial charge < -0.3 is 5.32 Å². The fraction of sp³-hybridized carbons (Fsp3) is 0.900. The number of piperidine rings is 1. The Bertz CT molecular complexity index is 156. The highest BCUT2D eigenvalue weighted by molar-refractivity contribution is 5.81. The third-order valence-electron chi connectivity index (χ3n) is 2.70. The van der Waals surface area contributed by atoms with Crippen molar-refractivity contribution in [3.8, 4) is 0 Å². The molecule has 0 aromatic heterocycles. The average molecular weight is 169 g/mol. The first-order valence-electron chi connectivity index (χ1n) is 4.99. The molecule has 1 saturated heterocycles. The fourth-order valence-corrected chi connectivity index (χ4v) is 1.92. The molecule has 0 amide bonds. The van der Waals surface area contributed by atoms with Gasteiger partial charge in [-0.2, -0.15) is 0 Å². The molecule has 0 unspecified atom stereocenters. The second-order valence-electron chi connectivity index (χ2n) is 3.79. The van der Waals surface area contributed by atoms with E-state index in [9.17, 15) is 4.79 Å². The van der Waals surface area contributed by atoms with Crippen LogP contribution in [0, 0.1) is 11.8 Å². The number of carbonyl (C=O) groups is 1. The number of carbonyl (C=O) groups excluding carboxylic acids is 1. The highest BCUT2D eigenvalue weighted by Crippen LogP contribution is 2.21. The van der Waals surface area contributed by atoms with E-state index in [-0.39, 0.29) is 0 Å². The lowest BCUT2D eigenvalue weighted by Crippen LogP contribution is -2.38. The van der Waals surface area contributed by atoms with Crippen LogP contribution >= 0.6 is 0 Å². The van der Waals surface area contributed by atoms with E-state index in [1.807, 2.05) is 0 Å². The average Bonchev–Trinajstić information content (AvgIpc) is 2.05. The van der Waals surface area contributed by atoms with Crippen LogP contribution in [0.3, 0.4) is 0 Å². The van der Waals surface area contributed by atoms with E-state index in [4.69, 9.17) is 0 Å². The van der Waals surface area contributed by atoms with Crippen LogP contribution in [0.1, 0.15) is 33.1 Å². The number of nitrogens with one attached hydrogen (secondary N) is 1. The van der Waals surface area contributed by atoms with Gasteiger partial charge in [0.25, 0.3) is 0 Å². The van der Waals surface area contributed by atoms with Crippen molar-refractivity contribution < 1.29 is 4.79 Å². The lowest BCUT2D eigenvalue weighted by atomic mass is 9.83. The second kappa shape index (κ2) is 4.61. The molecule has 1 heterocycles. The molecule has 0 bridgehead atoms. The maximum atomic E-state index is 11.6. The van der Waals surface area contributed by atoms with E-state index in [2.05, 4.69) is 19.2 Å². The Hall–Kier alpha value is -0.370. The van der Waals surface area contributed by atoms with Crippen molar-refractivity contribution in [2.45, 2.75) is 33.1 Å². The molecule has 12 heavy (non-hydrogen) atoms. The van der Waals surface area contributed by atoms with E-state index in [0.717, 1.165) is 32.4 Å². The van der Waals surface area contributed by atoms with E-state index in [1.165, 1.54) is 0 Å². The highest BCUT2D eigenvalue weighted by atomic mass is 16.1. The molecule has 70 valence electrons. The van der Waals surface area contributed by atoms with Crippen LogP contribution in [-0.4, -0.2) is 18.9 Å². The largest absolute Gasteiger partial charge is 0.316 e. The van der Waals surface area contributed by atoms with Gasteiger partial charge >= 0.3 is 0 Å². The summed E-state index contributed by atoms with van der Waals surface area (Å²) in [6, 6.07) is 0. The first kappa shape index (κ1) is 9.72. The minimum absolute atomic E-state index is 0.339. The van der Waals surface area contributed by atoms with Gasteiger partial charge in [-0.05, 0) is 31.8 Å². The van der Waals surface area contributed by atoms with Gasteiger partial charge in [0, 0.05) is 12.3 Å². The summed E-state index contributed by atoms with van der Waals surface area (Å²) in [6.45, 7) is 6.28. The maximum absolute atomic E-state index is 11.6. The van der Waals surface area contributed by atoms with Gasteiger partial charge in [-0.25, -0.2) is 0 Å². The van der Waals surface area contributed by atoms with Crippen LogP contribution in [0.4, 0.5) is 0 Å². The zero-order valence-corrected chi connectivity index (χ0v) is 8.10. The summed E-state index contributed by atoms with van der Waals surface area (Å²) in [5, 5.41) is 3.31. The van der Waals surface area contributed by atoms with Gasteiger partial charge in [0.1, 0.15) is 5.78 Å². The third-order valence-corrected chi connectivity index (χ3v) is 2.70. The molecule has 0 saturated carbocycles. The van der Waals surface area contributed by atoms with E-state index < -0.39 is 0 Å². The Balaban J connectivity index is 2.42. The Morgan fingerprint density at radius 1 is 1.58 bits per heavy atom. The summed E-state index contributed by atoms with van der Waals surface area (Å²) in [6.07, 6.45) is 2.81. The molecule has 1 rings (SSSR count). The molecule has 0 spiro atoms. The molecule has 1 fully saturated rings. The standard InChI is InChI=1S/C10H19NO/c1-3-4-10(12)9-5-6-11-7-8(9)2/h8-9,11H,3-7H2,1-2H3/t8-,9+/m1/s1. The lowest BCUT2D eigenvalue weighted by molar-refractivity contribution is -0.125. The van der Waals surface area contributed by atoms with Gasteiger partial charge in [0.15, 0.2) is 0 Å².